The van der Waals surface area contributed by atoms with Gasteiger partial charge in [-0.15, -0.1) is 0 Å². The molecule has 0 aliphatic carbocycles. The zero-order chi connectivity index (χ0) is 17.3. The number of rotatable bonds is 3. The molecule has 1 aliphatic rings. The van der Waals surface area contributed by atoms with Crippen molar-refractivity contribution < 1.29 is 18.7 Å². The summed E-state index contributed by atoms with van der Waals surface area (Å²) in [5, 5.41) is 6.65. The van der Waals surface area contributed by atoms with Crippen LogP contribution in [-0.4, -0.2) is 46.3 Å². The highest BCUT2D eigenvalue weighted by molar-refractivity contribution is 5.96. The number of nitrogens with zero attached hydrogens (tertiary/aromatic N) is 3. The summed E-state index contributed by atoms with van der Waals surface area (Å²) in [5.41, 5.74) is 0.734. The molecule has 1 aromatic heterocycles. The van der Waals surface area contributed by atoms with E-state index < -0.39 is 23.9 Å². The first kappa shape index (κ1) is 16.1. The maximum Gasteiger partial charge on any atom is 0.256 e. The lowest BCUT2D eigenvalue weighted by Crippen LogP contribution is -2.51. The summed E-state index contributed by atoms with van der Waals surface area (Å²) in [6, 6.07) is 5.20. The number of aryl methyl sites for hydroxylation is 1. The number of aromatic nitrogens is 2. The highest BCUT2D eigenvalue weighted by Crippen LogP contribution is 2.31. The summed E-state index contributed by atoms with van der Waals surface area (Å²) in [6.45, 7) is -0.230. The molecule has 2 atom stereocenters. The van der Waals surface area contributed by atoms with Crippen LogP contribution in [0.5, 0.6) is 0 Å². The summed E-state index contributed by atoms with van der Waals surface area (Å²) >= 11 is 0. The van der Waals surface area contributed by atoms with E-state index in [2.05, 4.69) is 10.4 Å². The SMILES string of the molecule is CN1C(=O)CO[C@H](C(=O)Nc2cnn(C)c2)[C@H]1c1ccccc1F. The van der Waals surface area contributed by atoms with Crippen molar-refractivity contribution in [1.82, 2.24) is 14.7 Å². The smallest absolute Gasteiger partial charge is 0.256 e. The third-order valence-corrected chi connectivity index (χ3v) is 3.94. The predicted octanol–water partition coefficient (Wildman–Crippen LogP) is 1.10. The molecular weight excluding hydrogens is 315 g/mol. The molecule has 0 unspecified atom stereocenters. The number of anilines is 1. The van der Waals surface area contributed by atoms with Gasteiger partial charge in [0.05, 0.1) is 17.9 Å². The minimum atomic E-state index is -1.02. The fraction of sp³-hybridized carbons (Fsp3) is 0.312. The summed E-state index contributed by atoms with van der Waals surface area (Å²) in [5.74, 6) is -1.27. The van der Waals surface area contributed by atoms with Crippen molar-refractivity contribution in [3.8, 4) is 0 Å². The van der Waals surface area contributed by atoms with E-state index in [9.17, 15) is 14.0 Å². The number of amides is 2. The van der Waals surface area contributed by atoms with Gasteiger partial charge in [-0.2, -0.15) is 5.10 Å². The third-order valence-electron chi connectivity index (χ3n) is 3.94. The molecule has 2 amide bonds. The van der Waals surface area contributed by atoms with Crippen molar-refractivity contribution in [2.45, 2.75) is 12.1 Å². The molecule has 1 N–H and O–H groups in total. The largest absolute Gasteiger partial charge is 0.356 e. The Hall–Kier alpha value is -2.74. The fourth-order valence-electron chi connectivity index (χ4n) is 2.72. The first-order valence-corrected chi connectivity index (χ1v) is 7.38. The fourth-order valence-corrected chi connectivity index (χ4v) is 2.72. The molecule has 2 aromatic rings. The molecule has 1 aliphatic heterocycles. The summed E-state index contributed by atoms with van der Waals surface area (Å²) in [6.07, 6.45) is 2.10. The van der Waals surface area contributed by atoms with Gasteiger partial charge in [0.25, 0.3) is 5.91 Å². The second-order valence-corrected chi connectivity index (χ2v) is 5.59. The van der Waals surface area contributed by atoms with Crippen LogP contribution in [0.4, 0.5) is 10.1 Å². The Morgan fingerprint density at radius 2 is 2.12 bits per heavy atom. The number of halogens is 1. The number of hydrogen-bond acceptors (Lipinski definition) is 4. The maximum absolute atomic E-state index is 14.2. The quantitative estimate of drug-likeness (QED) is 0.913. The van der Waals surface area contributed by atoms with Gasteiger partial charge in [0.15, 0.2) is 6.10 Å². The lowest BCUT2D eigenvalue weighted by Gasteiger charge is -2.38. The molecule has 1 aromatic carbocycles. The van der Waals surface area contributed by atoms with E-state index >= 15 is 0 Å². The van der Waals surface area contributed by atoms with Crippen molar-refractivity contribution in [3.05, 3.63) is 48.0 Å². The Bertz CT molecular complexity index is 776. The lowest BCUT2D eigenvalue weighted by atomic mass is 9.97. The molecular formula is C16H17FN4O3. The Morgan fingerprint density at radius 3 is 2.79 bits per heavy atom. The van der Waals surface area contributed by atoms with Gasteiger partial charge in [0.1, 0.15) is 12.4 Å². The predicted molar refractivity (Wildman–Crippen MR) is 83.5 cm³/mol. The molecule has 8 heteroatoms. The number of carbonyl (C=O) groups excluding carboxylic acids is 2. The lowest BCUT2D eigenvalue weighted by molar-refractivity contribution is -0.160. The molecule has 0 spiro atoms. The van der Waals surface area contributed by atoms with Gasteiger partial charge in [0, 0.05) is 25.9 Å². The number of benzene rings is 1. The van der Waals surface area contributed by atoms with Crippen LogP contribution >= 0.6 is 0 Å². The molecule has 24 heavy (non-hydrogen) atoms. The number of nitrogens with one attached hydrogen (secondary N) is 1. The van der Waals surface area contributed by atoms with E-state index in [1.807, 2.05) is 0 Å². The Morgan fingerprint density at radius 1 is 1.38 bits per heavy atom. The first-order valence-electron chi connectivity index (χ1n) is 7.38. The van der Waals surface area contributed by atoms with Crippen molar-refractivity contribution in [2.75, 3.05) is 19.0 Å². The molecule has 1 fully saturated rings. The van der Waals surface area contributed by atoms with Crippen LogP contribution in [0.1, 0.15) is 11.6 Å². The highest BCUT2D eigenvalue weighted by atomic mass is 19.1. The van der Waals surface area contributed by atoms with Gasteiger partial charge in [-0.1, -0.05) is 18.2 Å². The number of carbonyl (C=O) groups is 2. The second kappa shape index (κ2) is 6.40. The van der Waals surface area contributed by atoms with Crippen molar-refractivity contribution in [1.29, 1.82) is 0 Å². The molecule has 0 bridgehead atoms. The minimum absolute atomic E-state index is 0.230. The van der Waals surface area contributed by atoms with Crippen LogP contribution in [0.2, 0.25) is 0 Å². The molecule has 2 heterocycles. The monoisotopic (exact) mass is 332 g/mol. The van der Waals surface area contributed by atoms with Gasteiger partial charge in [-0.25, -0.2) is 4.39 Å². The van der Waals surface area contributed by atoms with Crippen LogP contribution in [0.25, 0.3) is 0 Å². The van der Waals surface area contributed by atoms with E-state index in [0.29, 0.717) is 5.69 Å². The van der Waals surface area contributed by atoms with E-state index in [4.69, 9.17) is 4.74 Å². The van der Waals surface area contributed by atoms with Gasteiger partial charge >= 0.3 is 0 Å². The average molecular weight is 332 g/mol. The van der Waals surface area contributed by atoms with E-state index in [0.717, 1.165) is 0 Å². The number of likely N-dealkylation sites (N-methyl/N-ethyl adjacent to an activating group) is 1. The number of hydrogen-bond donors (Lipinski definition) is 1. The van der Waals surface area contributed by atoms with Crippen LogP contribution in [0, 0.1) is 5.82 Å². The van der Waals surface area contributed by atoms with Crippen molar-refractivity contribution in [3.63, 3.8) is 0 Å². The molecule has 1 saturated heterocycles. The van der Waals surface area contributed by atoms with Crippen molar-refractivity contribution in [2.24, 2.45) is 7.05 Å². The Balaban J connectivity index is 1.90. The topological polar surface area (TPSA) is 76.5 Å². The summed E-state index contributed by atoms with van der Waals surface area (Å²) < 4.78 is 21.2. The van der Waals surface area contributed by atoms with Crippen LogP contribution < -0.4 is 5.32 Å². The van der Waals surface area contributed by atoms with E-state index in [-0.39, 0.29) is 18.1 Å². The molecule has 7 nitrogen and oxygen atoms in total. The van der Waals surface area contributed by atoms with E-state index in [1.54, 1.807) is 36.1 Å². The average Bonchev–Trinajstić information content (AvgIpc) is 2.95. The van der Waals surface area contributed by atoms with Crippen LogP contribution in [0.15, 0.2) is 36.7 Å². The zero-order valence-electron chi connectivity index (χ0n) is 13.3. The third kappa shape index (κ3) is 3.00. The normalized spacial score (nSPS) is 21.0. The maximum atomic E-state index is 14.2. The number of morpholine rings is 1. The van der Waals surface area contributed by atoms with Crippen molar-refractivity contribution >= 4 is 17.5 Å². The standard InChI is InChI=1S/C16H17FN4O3/c1-20-8-10(7-18-20)19-16(23)15-14(21(2)13(22)9-24-15)11-5-3-4-6-12(11)17/h3-8,14-15H,9H2,1-2H3,(H,19,23)/t14-,15+/m1/s1. The highest BCUT2D eigenvalue weighted by Gasteiger charge is 2.41. The Labute approximate surface area is 138 Å². The van der Waals surface area contributed by atoms with Gasteiger partial charge in [-0.3, -0.25) is 14.3 Å². The number of ether oxygens (including phenoxy) is 1. The first-order chi connectivity index (χ1) is 11.5. The Kier molecular flexibility index (Phi) is 4.30. The minimum Gasteiger partial charge on any atom is -0.356 e. The summed E-state index contributed by atoms with van der Waals surface area (Å²) in [7, 11) is 3.26. The molecule has 0 saturated carbocycles. The second-order valence-electron chi connectivity index (χ2n) is 5.59. The molecule has 0 radical (unpaired) electrons. The zero-order valence-corrected chi connectivity index (χ0v) is 13.3. The van der Waals surface area contributed by atoms with Gasteiger partial charge in [0.2, 0.25) is 5.91 Å². The summed E-state index contributed by atoms with van der Waals surface area (Å²) in [4.78, 5) is 25.9. The van der Waals surface area contributed by atoms with Crippen LogP contribution in [0.3, 0.4) is 0 Å². The molecule has 3 rings (SSSR count). The van der Waals surface area contributed by atoms with E-state index in [1.165, 1.54) is 24.2 Å². The molecule has 126 valence electrons. The van der Waals surface area contributed by atoms with Crippen LogP contribution in [-0.2, 0) is 21.4 Å². The van der Waals surface area contributed by atoms with Gasteiger partial charge in [-0.05, 0) is 6.07 Å². The van der Waals surface area contributed by atoms with Gasteiger partial charge < -0.3 is 15.0 Å².